The number of halogens is 1. The van der Waals surface area contributed by atoms with Gasteiger partial charge in [-0.1, -0.05) is 48.0 Å². The third-order valence-electron chi connectivity index (χ3n) is 8.03. The van der Waals surface area contributed by atoms with Crippen LogP contribution >= 0.6 is 11.6 Å². The minimum absolute atomic E-state index is 0.0189. The zero-order chi connectivity index (χ0) is 33.6. The first-order chi connectivity index (χ1) is 22.5. The lowest BCUT2D eigenvalue weighted by atomic mass is 10.1. The third-order valence-corrected chi connectivity index (χ3v) is 12.1. The van der Waals surface area contributed by atoms with E-state index in [2.05, 4.69) is 0 Å². The maximum absolute atomic E-state index is 14.0. The molecule has 1 unspecified atom stereocenters. The topological polar surface area (TPSA) is 106 Å². The Balaban J connectivity index is 1.36. The van der Waals surface area contributed by atoms with Gasteiger partial charge in [0, 0.05) is 31.2 Å². The monoisotopic (exact) mass is 699 g/mol. The van der Waals surface area contributed by atoms with Crippen LogP contribution in [0.3, 0.4) is 0 Å². The van der Waals surface area contributed by atoms with E-state index in [9.17, 15) is 16.8 Å². The minimum atomic E-state index is -4.01. The molecule has 0 radical (unpaired) electrons. The lowest BCUT2D eigenvalue weighted by Gasteiger charge is -2.25. The molecule has 10 nitrogen and oxygen atoms in total. The van der Waals surface area contributed by atoms with E-state index in [0.717, 1.165) is 16.7 Å². The number of sulfonamides is 1. The van der Waals surface area contributed by atoms with Gasteiger partial charge in [-0.25, -0.2) is 12.7 Å². The summed E-state index contributed by atoms with van der Waals surface area (Å²) in [6.45, 7) is 0.440. The van der Waals surface area contributed by atoms with Crippen molar-refractivity contribution in [1.82, 2.24) is 8.61 Å². The zero-order valence-electron chi connectivity index (χ0n) is 26.5. The predicted molar refractivity (Wildman–Crippen MR) is 184 cm³/mol. The molecule has 0 amide bonds. The van der Waals surface area contributed by atoms with Gasteiger partial charge in [-0.15, -0.1) is 0 Å². The van der Waals surface area contributed by atoms with Crippen LogP contribution in [0.1, 0.15) is 29.2 Å². The van der Waals surface area contributed by atoms with E-state index in [-0.39, 0.29) is 38.4 Å². The summed E-state index contributed by atoms with van der Waals surface area (Å²) in [4.78, 5) is 0. The maximum atomic E-state index is 14.0. The average Bonchev–Trinajstić information content (AvgIpc) is 3.35. The molecule has 4 aromatic rings. The highest BCUT2D eigenvalue weighted by Crippen LogP contribution is 2.39. The highest BCUT2D eigenvalue weighted by molar-refractivity contribution is 7.90. The first-order valence-electron chi connectivity index (χ1n) is 15.0. The quantitative estimate of drug-likeness (QED) is 0.162. The summed E-state index contributed by atoms with van der Waals surface area (Å²) < 4.78 is 75.8. The zero-order valence-corrected chi connectivity index (χ0v) is 28.8. The van der Waals surface area contributed by atoms with E-state index in [1.165, 1.54) is 12.9 Å². The standard InChI is InChI=1S/C34H38ClN3O7S2/c1-43-31-16-8-26(9-17-31)23-37(24-27-10-18-32(44-2)19-11-27)46(39,40)21-5-20-36-25-34(28-6-4-7-33(22-28)45-3)38(47(36,41)42)30-14-12-29(35)13-15-30/h4,6-19,22,34H,5,20-21,23-25H2,1-3H3. The van der Waals surface area contributed by atoms with Crippen molar-refractivity contribution in [2.75, 3.05) is 44.5 Å². The van der Waals surface area contributed by atoms with Gasteiger partial charge in [0.25, 0.3) is 0 Å². The van der Waals surface area contributed by atoms with Crippen molar-refractivity contribution in [2.24, 2.45) is 0 Å². The highest BCUT2D eigenvalue weighted by Gasteiger charge is 2.44. The molecule has 1 fully saturated rings. The molecule has 1 saturated heterocycles. The number of rotatable bonds is 14. The van der Waals surface area contributed by atoms with Crippen molar-refractivity contribution in [2.45, 2.75) is 25.6 Å². The van der Waals surface area contributed by atoms with E-state index in [0.29, 0.717) is 28.0 Å². The Morgan fingerprint density at radius 3 is 1.87 bits per heavy atom. The Bertz CT molecular complexity index is 1810. The van der Waals surface area contributed by atoms with Gasteiger partial charge in [-0.05, 0) is 83.8 Å². The molecular formula is C34H38ClN3O7S2. The van der Waals surface area contributed by atoms with Gasteiger partial charge in [0.05, 0.1) is 38.8 Å². The minimum Gasteiger partial charge on any atom is -0.497 e. The largest absolute Gasteiger partial charge is 0.497 e. The number of hydrogen-bond acceptors (Lipinski definition) is 7. The van der Waals surface area contributed by atoms with Crippen LogP contribution in [0.4, 0.5) is 5.69 Å². The molecule has 4 aromatic carbocycles. The summed E-state index contributed by atoms with van der Waals surface area (Å²) in [5.74, 6) is 1.71. The van der Waals surface area contributed by atoms with Gasteiger partial charge in [-0.2, -0.15) is 17.0 Å². The van der Waals surface area contributed by atoms with E-state index < -0.39 is 26.3 Å². The summed E-state index contributed by atoms with van der Waals surface area (Å²) in [7, 11) is -3.13. The molecule has 13 heteroatoms. The predicted octanol–water partition coefficient (Wildman–Crippen LogP) is 5.90. The molecule has 1 heterocycles. The van der Waals surface area contributed by atoms with Crippen LogP contribution in [0, 0.1) is 0 Å². The van der Waals surface area contributed by atoms with Gasteiger partial charge >= 0.3 is 10.2 Å². The van der Waals surface area contributed by atoms with E-state index >= 15 is 0 Å². The highest BCUT2D eigenvalue weighted by atomic mass is 35.5. The van der Waals surface area contributed by atoms with Crippen molar-refractivity contribution in [1.29, 1.82) is 0 Å². The van der Waals surface area contributed by atoms with Crippen LogP contribution in [-0.2, 0) is 33.3 Å². The molecule has 0 saturated carbocycles. The molecule has 0 bridgehead atoms. The summed E-state index contributed by atoms with van der Waals surface area (Å²) >= 11 is 6.11. The molecule has 250 valence electrons. The van der Waals surface area contributed by atoms with Crippen molar-refractivity contribution in [3.05, 3.63) is 119 Å². The third kappa shape index (κ3) is 8.20. The van der Waals surface area contributed by atoms with Crippen molar-refractivity contribution >= 4 is 37.5 Å². The lowest BCUT2D eigenvalue weighted by molar-refractivity contribution is 0.391. The Hall–Kier alpha value is -3.81. The Morgan fingerprint density at radius 1 is 0.787 bits per heavy atom. The molecule has 5 rings (SSSR count). The summed E-state index contributed by atoms with van der Waals surface area (Å²) in [6, 6.07) is 27.8. The van der Waals surface area contributed by atoms with Crippen LogP contribution in [0.2, 0.25) is 5.02 Å². The van der Waals surface area contributed by atoms with E-state index in [1.807, 2.05) is 42.5 Å². The van der Waals surface area contributed by atoms with Crippen LogP contribution in [0.25, 0.3) is 0 Å². The van der Waals surface area contributed by atoms with E-state index in [1.54, 1.807) is 75.9 Å². The van der Waals surface area contributed by atoms with Crippen LogP contribution < -0.4 is 18.5 Å². The first kappa shape index (κ1) is 34.5. The molecule has 1 aliphatic heterocycles. The molecule has 0 spiro atoms. The van der Waals surface area contributed by atoms with Crippen molar-refractivity contribution < 1.29 is 31.0 Å². The number of hydrogen-bond donors (Lipinski definition) is 0. The Labute approximate surface area is 282 Å². The smallest absolute Gasteiger partial charge is 0.304 e. The fraction of sp³-hybridized carbons (Fsp3) is 0.294. The molecule has 1 aliphatic rings. The number of ether oxygens (including phenoxy) is 3. The van der Waals surface area contributed by atoms with Gasteiger partial charge < -0.3 is 14.2 Å². The average molecular weight is 700 g/mol. The van der Waals surface area contributed by atoms with Gasteiger partial charge in [-0.3, -0.25) is 0 Å². The number of benzene rings is 4. The second-order valence-corrected chi connectivity index (χ2v) is 15.4. The second kappa shape index (κ2) is 15.0. The molecule has 0 aromatic heterocycles. The molecule has 1 atom stereocenters. The van der Waals surface area contributed by atoms with Crippen molar-refractivity contribution in [3.8, 4) is 17.2 Å². The van der Waals surface area contributed by atoms with Crippen LogP contribution in [0.5, 0.6) is 17.2 Å². The lowest BCUT2D eigenvalue weighted by Crippen LogP contribution is -2.36. The van der Waals surface area contributed by atoms with Crippen LogP contribution in [0.15, 0.2) is 97.1 Å². The fourth-order valence-corrected chi connectivity index (χ4v) is 8.92. The Morgan fingerprint density at radius 2 is 1.34 bits per heavy atom. The van der Waals surface area contributed by atoms with E-state index in [4.69, 9.17) is 25.8 Å². The van der Waals surface area contributed by atoms with Gasteiger partial charge in [0.2, 0.25) is 10.0 Å². The maximum Gasteiger partial charge on any atom is 0.304 e. The SMILES string of the molecule is COc1ccc(CN(Cc2ccc(OC)cc2)S(=O)(=O)CCCN2CC(c3cccc(OC)c3)N(c3ccc(Cl)cc3)S2(=O)=O)cc1. The summed E-state index contributed by atoms with van der Waals surface area (Å²) in [6.07, 6.45) is 0.0998. The van der Waals surface area contributed by atoms with Crippen molar-refractivity contribution in [3.63, 3.8) is 0 Å². The molecule has 47 heavy (non-hydrogen) atoms. The molecule has 0 aliphatic carbocycles. The second-order valence-electron chi connectivity index (χ2n) is 11.1. The Kier molecular flexibility index (Phi) is 11.0. The number of methoxy groups -OCH3 is 3. The van der Waals surface area contributed by atoms with Gasteiger partial charge in [0.15, 0.2) is 0 Å². The molecule has 0 N–H and O–H groups in total. The number of nitrogens with zero attached hydrogens (tertiary/aromatic N) is 3. The normalized spacial score (nSPS) is 16.4. The fourth-order valence-electron chi connectivity index (χ4n) is 5.52. The summed E-state index contributed by atoms with van der Waals surface area (Å²) in [5.41, 5.74) is 2.81. The van der Waals surface area contributed by atoms with Gasteiger partial charge in [0.1, 0.15) is 17.2 Å². The van der Waals surface area contributed by atoms with Crippen LogP contribution in [-0.4, -0.2) is 65.6 Å². The molecular weight excluding hydrogens is 662 g/mol. The summed E-state index contributed by atoms with van der Waals surface area (Å²) in [5, 5.41) is 0.485. The number of anilines is 1. The first-order valence-corrected chi connectivity index (χ1v) is 18.3.